The van der Waals surface area contributed by atoms with Crippen LogP contribution in [0, 0.1) is 0 Å². The highest BCUT2D eigenvalue weighted by molar-refractivity contribution is 6.89. The van der Waals surface area contributed by atoms with Crippen LogP contribution in [0.4, 0.5) is 0 Å². The number of pyridine rings is 2. The SMILES string of the molecule is COCc1nc(-c2ccccn2)cc([Si](C)(C)C)c1C(=O)OC(C)(C)C. The van der Waals surface area contributed by atoms with Crippen LogP contribution in [0.25, 0.3) is 11.4 Å². The first kappa shape index (κ1) is 20.3. The molecule has 5 nitrogen and oxygen atoms in total. The Labute approximate surface area is 156 Å². The van der Waals surface area contributed by atoms with Gasteiger partial charge < -0.3 is 9.47 Å². The number of hydrogen-bond donors (Lipinski definition) is 0. The highest BCUT2D eigenvalue weighted by atomic mass is 28.3. The highest BCUT2D eigenvalue weighted by Crippen LogP contribution is 2.22. The molecule has 0 bridgehead atoms. The Morgan fingerprint density at radius 2 is 1.85 bits per heavy atom. The maximum absolute atomic E-state index is 13.0. The summed E-state index contributed by atoms with van der Waals surface area (Å²) in [5.74, 6) is -0.345. The second kappa shape index (κ2) is 7.68. The maximum atomic E-state index is 13.0. The maximum Gasteiger partial charge on any atom is 0.340 e. The van der Waals surface area contributed by atoms with Gasteiger partial charge in [-0.15, -0.1) is 0 Å². The zero-order valence-corrected chi connectivity index (χ0v) is 17.7. The average Bonchev–Trinajstić information content (AvgIpc) is 2.52. The lowest BCUT2D eigenvalue weighted by Crippen LogP contribution is -2.44. The molecular weight excluding hydrogens is 344 g/mol. The smallest absolute Gasteiger partial charge is 0.340 e. The second-order valence-electron chi connectivity index (χ2n) is 8.28. The molecule has 0 aromatic carbocycles. The Balaban J connectivity index is 2.70. The van der Waals surface area contributed by atoms with Crippen molar-refractivity contribution in [3.05, 3.63) is 41.7 Å². The molecule has 2 aromatic heterocycles. The lowest BCUT2D eigenvalue weighted by Gasteiger charge is -2.26. The van der Waals surface area contributed by atoms with Gasteiger partial charge in [0.2, 0.25) is 0 Å². The van der Waals surface area contributed by atoms with E-state index in [1.807, 2.05) is 45.0 Å². The van der Waals surface area contributed by atoms with Gasteiger partial charge >= 0.3 is 5.97 Å². The molecule has 6 heteroatoms. The summed E-state index contributed by atoms with van der Waals surface area (Å²) in [6.07, 6.45) is 1.74. The molecule has 0 atom stereocenters. The molecule has 0 amide bonds. The molecule has 0 aliphatic carbocycles. The third-order valence-electron chi connectivity index (χ3n) is 3.71. The Bertz CT molecular complexity index is 778. The number of methoxy groups -OCH3 is 1. The molecule has 0 aliphatic heterocycles. The van der Waals surface area contributed by atoms with Crippen molar-refractivity contribution in [2.75, 3.05) is 7.11 Å². The van der Waals surface area contributed by atoms with Gasteiger partial charge in [0.1, 0.15) is 5.60 Å². The van der Waals surface area contributed by atoms with E-state index in [0.29, 0.717) is 11.3 Å². The van der Waals surface area contributed by atoms with Gasteiger partial charge in [-0.2, -0.15) is 0 Å². The Morgan fingerprint density at radius 3 is 2.35 bits per heavy atom. The third kappa shape index (κ3) is 4.99. The van der Waals surface area contributed by atoms with Crippen LogP contribution in [0.5, 0.6) is 0 Å². The van der Waals surface area contributed by atoms with Gasteiger partial charge in [-0.1, -0.05) is 25.7 Å². The molecule has 26 heavy (non-hydrogen) atoms. The lowest BCUT2D eigenvalue weighted by atomic mass is 10.1. The molecular formula is C20H28N2O3Si. The summed E-state index contributed by atoms with van der Waals surface area (Å²) in [5, 5.41) is 1.01. The predicted molar refractivity (Wildman–Crippen MR) is 106 cm³/mol. The summed E-state index contributed by atoms with van der Waals surface area (Å²) in [7, 11) is -0.265. The number of aromatic nitrogens is 2. The number of ether oxygens (including phenoxy) is 2. The molecule has 0 saturated carbocycles. The van der Waals surface area contributed by atoms with Crippen LogP contribution in [-0.2, 0) is 16.1 Å². The van der Waals surface area contributed by atoms with Crippen molar-refractivity contribution >= 4 is 19.2 Å². The minimum absolute atomic E-state index is 0.243. The van der Waals surface area contributed by atoms with E-state index in [9.17, 15) is 4.79 Å². The van der Waals surface area contributed by atoms with Crippen molar-refractivity contribution in [3.63, 3.8) is 0 Å². The van der Waals surface area contributed by atoms with Crippen LogP contribution in [0.3, 0.4) is 0 Å². The quantitative estimate of drug-likeness (QED) is 0.590. The average molecular weight is 373 g/mol. The van der Waals surface area contributed by atoms with Gasteiger partial charge in [0.05, 0.1) is 37.3 Å². The van der Waals surface area contributed by atoms with Crippen LogP contribution < -0.4 is 5.19 Å². The predicted octanol–water partition coefficient (Wildman–Crippen LogP) is 3.79. The van der Waals surface area contributed by atoms with Crippen molar-refractivity contribution in [2.24, 2.45) is 0 Å². The van der Waals surface area contributed by atoms with Crippen LogP contribution in [0.15, 0.2) is 30.5 Å². The fraction of sp³-hybridized carbons (Fsp3) is 0.450. The van der Waals surface area contributed by atoms with Gasteiger partial charge in [-0.25, -0.2) is 9.78 Å². The monoisotopic (exact) mass is 372 g/mol. The molecule has 0 radical (unpaired) electrons. The first-order valence-electron chi connectivity index (χ1n) is 8.71. The van der Waals surface area contributed by atoms with Gasteiger partial charge in [-0.3, -0.25) is 4.98 Å². The molecule has 0 fully saturated rings. The number of esters is 1. The molecule has 0 aliphatic rings. The third-order valence-corrected chi connectivity index (χ3v) is 5.72. The topological polar surface area (TPSA) is 61.3 Å². The first-order chi connectivity index (χ1) is 12.0. The molecule has 2 heterocycles. The number of rotatable bonds is 5. The number of hydrogen-bond acceptors (Lipinski definition) is 5. The zero-order valence-electron chi connectivity index (χ0n) is 16.7. The molecule has 140 valence electrons. The summed E-state index contributed by atoms with van der Waals surface area (Å²) in [6.45, 7) is 12.5. The Hall–Kier alpha value is -2.05. The van der Waals surface area contributed by atoms with E-state index in [0.717, 1.165) is 16.6 Å². The van der Waals surface area contributed by atoms with E-state index < -0.39 is 13.7 Å². The fourth-order valence-electron chi connectivity index (χ4n) is 2.63. The van der Waals surface area contributed by atoms with Gasteiger partial charge in [0.25, 0.3) is 0 Å². The summed E-state index contributed by atoms with van der Waals surface area (Å²) < 4.78 is 11.0. The van der Waals surface area contributed by atoms with E-state index in [4.69, 9.17) is 14.5 Å². The summed E-state index contributed by atoms with van der Waals surface area (Å²) >= 11 is 0. The highest BCUT2D eigenvalue weighted by Gasteiger charge is 2.31. The van der Waals surface area contributed by atoms with Crippen molar-refractivity contribution in [2.45, 2.75) is 52.6 Å². The van der Waals surface area contributed by atoms with Crippen molar-refractivity contribution in [3.8, 4) is 11.4 Å². The normalized spacial score (nSPS) is 12.1. The standard InChI is InChI=1S/C20H28N2O3Si/c1-20(2,3)25-19(23)18-16(13-24-4)22-15(12-17(18)26(5,6)7)14-10-8-9-11-21-14/h8-12H,13H2,1-7H3. The van der Waals surface area contributed by atoms with E-state index >= 15 is 0 Å². The minimum atomic E-state index is -1.86. The van der Waals surface area contributed by atoms with E-state index in [2.05, 4.69) is 24.6 Å². The molecule has 2 rings (SSSR count). The van der Waals surface area contributed by atoms with E-state index in [1.54, 1.807) is 13.3 Å². The first-order valence-corrected chi connectivity index (χ1v) is 12.2. The number of carbonyl (C=O) groups is 1. The molecule has 0 spiro atoms. The summed E-state index contributed by atoms with van der Waals surface area (Å²) in [6, 6.07) is 7.71. The number of nitrogens with zero attached hydrogens (tertiary/aromatic N) is 2. The fourth-order valence-corrected chi connectivity index (χ4v) is 4.20. The van der Waals surface area contributed by atoms with Crippen LogP contribution in [0.1, 0.15) is 36.8 Å². The molecule has 2 aromatic rings. The van der Waals surface area contributed by atoms with Crippen molar-refractivity contribution < 1.29 is 14.3 Å². The van der Waals surface area contributed by atoms with Gasteiger partial charge in [0.15, 0.2) is 0 Å². The van der Waals surface area contributed by atoms with Crippen molar-refractivity contribution in [1.82, 2.24) is 9.97 Å². The summed E-state index contributed by atoms with van der Waals surface area (Å²) in [5.41, 5.74) is 2.10. The second-order valence-corrected chi connectivity index (χ2v) is 13.3. The van der Waals surface area contributed by atoms with Crippen molar-refractivity contribution in [1.29, 1.82) is 0 Å². The Kier molecular flexibility index (Phi) is 5.98. The Morgan fingerprint density at radius 1 is 1.15 bits per heavy atom. The zero-order chi connectivity index (χ0) is 19.5. The van der Waals surface area contributed by atoms with E-state index in [1.165, 1.54) is 0 Å². The van der Waals surface area contributed by atoms with Gasteiger partial charge in [0, 0.05) is 13.3 Å². The van der Waals surface area contributed by atoms with Gasteiger partial charge in [-0.05, 0) is 44.2 Å². The van der Waals surface area contributed by atoms with Crippen LogP contribution in [-0.4, -0.2) is 36.7 Å². The van der Waals surface area contributed by atoms with E-state index in [-0.39, 0.29) is 12.6 Å². The minimum Gasteiger partial charge on any atom is -0.456 e. The molecule has 0 N–H and O–H groups in total. The largest absolute Gasteiger partial charge is 0.456 e. The molecule has 0 unspecified atom stereocenters. The number of carbonyl (C=O) groups excluding carboxylic acids is 1. The molecule has 0 saturated heterocycles. The van der Waals surface area contributed by atoms with Crippen LogP contribution >= 0.6 is 0 Å². The summed E-state index contributed by atoms with van der Waals surface area (Å²) in [4.78, 5) is 22.1. The van der Waals surface area contributed by atoms with Crippen LogP contribution in [0.2, 0.25) is 19.6 Å². The lowest BCUT2D eigenvalue weighted by molar-refractivity contribution is 0.00667.